The van der Waals surface area contributed by atoms with E-state index >= 15 is 0 Å². The number of esters is 1. The SMILES string of the molecule is NC(=O)NC(=O)COC(=O)[C@@H](Cc1ccccc1)NC(=O)c1ccccc1. The zero-order valence-corrected chi connectivity index (χ0v) is 14.4. The number of rotatable bonds is 7. The van der Waals surface area contributed by atoms with Crippen LogP contribution in [0.25, 0.3) is 0 Å². The molecule has 0 unspecified atom stereocenters. The van der Waals surface area contributed by atoms with Crippen molar-refractivity contribution in [3.63, 3.8) is 0 Å². The second-order valence-electron chi connectivity index (χ2n) is 5.60. The van der Waals surface area contributed by atoms with Gasteiger partial charge in [-0.1, -0.05) is 48.5 Å². The van der Waals surface area contributed by atoms with Crippen LogP contribution in [0.4, 0.5) is 4.79 Å². The predicted octanol–water partition coefficient (Wildman–Crippen LogP) is 0.766. The molecule has 4 amide bonds. The Morgan fingerprint density at radius 2 is 1.52 bits per heavy atom. The maximum absolute atomic E-state index is 12.4. The molecule has 0 saturated carbocycles. The van der Waals surface area contributed by atoms with Crippen LogP contribution in [0, 0.1) is 0 Å². The van der Waals surface area contributed by atoms with Gasteiger partial charge in [-0.3, -0.25) is 14.9 Å². The maximum Gasteiger partial charge on any atom is 0.329 e. The van der Waals surface area contributed by atoms with Crippen molar-refractivity contribution < 1.29 is 23.9 Å². The van der Waals surface area contributed by atoms with Gasteiger partial charge in [0.25, 0.3) is 11.8 Å². The molecule has 2 aromatic rings. The van der Waals surface area contributed by atoms with E-state index in [1.165, 1.54) is 0 Å². The Balaban J connectivity index is 2.06. The van der Waals surface area contributed by atoms with E-state index in [1.54, 1.807) is 59.9 Å². The van der Waals surface area contributed by atoms with Crippen molar-refractivity contribution in [1.29, 1.82) is 0 Å². The normalized spacial score (nSPS) is 11.1. The summed E-state index contributed by atoms with van der Waals surface area (Å²) in [5.41, 5.74) is 6.01. The summed E-state index contributed by atoms with van der Waals surface area (Å²) >= 11 is 0. The van der Waals surface area contributed by atoms with E-state index in [4.69, 9.17) is 10.5 Å². The summed E-state index contributed by atoms with van der Waals surface area (Å²) in [5.74, 6) is -2.11. The minimum Gasteiger partial charge on any atom is -0.454 e. The summed E-state index contributed by atoms with van der Waals surface area (Å²) in [6.07, 6.45) is 0.176. The van der Waals surface area contributed by atoms with Gasteiger partial charge in [-0.25, -0.2) is 9.59 Å². The molecule has 27 heavy (non-hydrogen) atoms. The van der Waals surface area contributed by atoms with E-state index < -0.39 is 36.5 Å². The van der Waals surface area contributed by atoms with Crippen molar-refractivity contribution >= 4 is 23.8 Å². The summed E-state index contributed by atoms with van der Waals surface area (Å²) in [6, 6.07) is 15.4. The summed E-state index contributed by atoms with van der Waals surface area (Å²) < 4.78 is 4.90. The van der Waals surface area contributed by atoms with Gasteiger partial charge in [-0.15, -0.1) is 0 Å². The number of carbonyl (C=O) groups excluding carboxylic acids is 4. The van der Waals surface area contributed by atoms with E-state index in [2.05, 4.69) is 5.32 Å². The predicted molar refractivity (Wildman–Crippen MR) is 96.5 cm³/mol. The molecule has 0 aliphatic heterocycles. The van der Waals surface area contributed by atoms with Gasteiger partial charge in [0.2, 0.25) is 0 Å². The number of hydrogen-bond donors (Lipinski definition) is 3. The highest BCUT2D eigenvalue weighted by atomic mass is 16.5. The smallest absolute Gasteiger partial charge is 0.329 e. The van der Waals surface area contributed by atoms with Crippen molar-refractivity contribution in [2.75, 3.05) is 6.61 Å². The van der Waals surface area contributed by atoms with Crippen LogP contribution in [0.2, 0.25) is 0 Å². The summed E-state index contributed by atoms with van der Waals surface area (Å²) in [5, 5.41) is 4.40. The highest BCUT2D eigenvalue weighted by Crippen LogP contribution is 2.07. The Bertz CT molecular complexity index is 809. The zero-order valence-electron chi connectivity index (χ0n) is 14.4. The Hall–Kier alpha value is -3.68. The molecule has 0 saturated heterocycles. The number of nitrogens with one attached hydrogen (secondary N) is 2. The molecule has 0 radical (unpaired) electrons. The fourth-order valence-corrected chi connectivity index (χ4v) is 2.28. The van der Waals surface area contributed by atoms with Crippen LogP contribution in [-0.4, -0.2) is 36.5 Å². The van der Waals surface area contributed by atoms with Crippen molar-refractivity contribution in [2.45, 2.75) is 12.5 Å². The topological polar surface area (TPSA) is 128 Å². The Morgan fingerprint density at radius 1 is 0.926 bits per heavy atom. The number of carbonyl (C=O) groups is 4. The average molecular weight is 369 g/mol. The van der Waals surface area contributed by atoms with Crippen LogP contribution in [0.15, 0.2) is 60.7 Å². The lowest BCUT2D eigenvalue weighted by atomic mass is 10.1. The third-order valence-electron chi connectivity index (χ3n) is 3.52. The molecule has 0 bridgehead atoms. The standard InChI is InChI=1S/C19H19N3O5/c20-19(26)22-16(23)12-27-18(25)15(11-13-7-3-1-4-8-13)21-17(24)14-9-5-2-6-10-14/h1-10,15H,11-12H2,(H,21,24)(H3,20,22,23,26)/t15-/m1/s1. The molecule has 2 rings (SSSR count). The van der Waals surface area contributed by atoms with Crippen molar-refractivity contribution in [3.05, 3.63) is 71.8 Å². The number of ether oxygens (including phenoxy) is 1. The van der Waals surface area contributed by atoms with E-state index in [9.17, 15) is 19.2 Å². The minimum absolute atomic E-state index is 0.176. The first kappa shape index (κ1) is 19.6. The van der Waals surface area contributed by atoms with Crippen LogP contribution in [0.5, 0.6) is 0 Å². The van der Waals surface area contributed by atoms with E-state index in [0.717, 1.165) is 5.56 Å². The summed E-state index contributed by atoms with van der Waals surface area (Å²) in [4.78, 5) is 46.8. The van der Waals surface area contributed by atoms with Gasteiger partial charge in [0.05, 0.1) is 0 Å². The van der Waals surface area contributed by atoms with Gasteiger partial charge in [-0.05, 0) is 17.7 Å². The second kappa shape index (κ2) is 9.71. The maximum atomic E-state index is 12.4. The molecule has 8 heteroatoms. The van der Waals surface area contributed by atoms with E-state index in [0.29, 0.717) is 5.56 Å². The van der Waals surface area contributed by atoms with Crippen LogP contribution in [0.3, 0.4) is 0 Å². The number of amides is 4. The van der Waals surface area contributed by atoms with Crippen LogP contribution < -0.4 is 16.4 Å². The number of hydrogen-bond acceptors (Lipinski definition) is 5. The molecule has 140 valence electrons. The molecule has 0 fully saturated rings. The van der Waals surface area contributed by atoms with Crippen LogP contribution in [-0.2, 0) is 20.7 Å². The molecule has 0 aliphatic rings. The molecule has 1 atom stereocenters. The van der Waals surface area contributed by atoms with E-state index in [1.807, 2.05) is 6.07 Å². The number of benzene rings is 2. The van der Waals surface area contributed by atoms with Crippen molar-refractivity contribution in [3.8, 4) is 0 Å². The van der Waals surface area contributed by atoms with Gasteiger partial charge in [0.1, 0.15) is 6.04 Å². The zero-order chi connectivity index (χ0) is 19.6. The molecule has 0 aliphatic carbocycles. The van der Waals surface area contributed by atoms with Crippen molar-refractivity contribution in [1.82, 2.24) is 10.6 Å². The third-order valence-corrected chi connectivity index (χ3v) is 3.52. The minimum atomic E-state index is -1.05. The quantitative estimate of drug-likeness (QED) is 0.621. The highest BCUT2D eigenvalue weighted by molar-refractivity contribution is 5.97. The fraction of sp³-hybridized carbons (Fsp3) is 0.158. The van der Waals surface area contributed by atoms with Gasteiger partial charge in [0.15, 0.2) is 6.61 Å². The van der Waals surface area contributed by atoms with Gasteiger partial charge >= 0.3 is 12.0 Å². The molecular formula is C19H19N3O5. The summed E-state index contributed by atoms with van der Waals surface area (Å²) in [6.45, 7) is -0.686. The lowest BCUT2D eigenvalue weighted by Crippen LogP contribution is -2.45. The number of urea groups is 1. The Labute approximate surface area is 155 Å². The van der Waals surface area contributed by atoms with Crippen LogP contribution in [0.1, 0.15) is 15.9 Å². The lowest BCUT2D eigenvalue weighted by molar-refractivity contribution is -0.150. The molecule has 0 aromatic heterocycles. The molecule has 4 N–H and O–H groups in total. The first-order chi connectivity index (χ1) is 13.0. The first-order valence-corrected chi connectivity index (χ1v) is 8.11. The molecule has 0 heterocycles. The number of nitrogens with two attached hydrogens (primary N) is 1. The monoisotopic (exact) mass is 369 g/mol. The summed E-state index contributed by atoms with van der Waals surface area (Å²) in [7, 11) is 0. The second-order valence-corrected chi connectivity index (χ2v) is 5.60. The first-order valence-electron chi connectivity index (χ1n) is 8.11. The highest BCUT2D eigenvalue weighted by Gasteiger charge is 2.24. The van der Waals surface area contributed by atoms with Gasteiger partial charge in [0, 0.05) is 12.0 Å². The molecule has 8 nitrogen and oxygen atoms in total. The van der Waals surface area contributed by atoms with Crippen molar-refractivity contribution in [2.24, 2.45) is 5.73 Å². The molecule has 2 aromatic carbocycles. The number of primary amides is 1. The Morgan fingerprint density at radius 3 is 2.11 bits per heavy atom. The van der Waals surface area contributed by atoms with Gasteiger partial charge in [-0.2, -0.15) is 0 Å². The number of imide groups is 1. The van der Waals surface area contributed by atoms with E-state index in [-0.39, 0.29) is 6.42 Å². The molecular weight excluding hydrogens is 350 g/mol. The average Bonchev–Trinajstić information content (AvgIpc) is 2.66. The van der Waals surface area contributed by atoms with Crippen LogP contribution >= 0.6 is 0 Å². The largest absolute Gasteiger partial charge is 0.454 e. The Kier molecular flexibility index (Phi) is 7.07. The fourth-order valence-electron chi connectivity index (χ4n) is 2.28. The van der Waals surface area contributed by atoms with Gasteiger partial charge < -0.3 is 15.8 Å². The lowest BCUT2D eigenvalue weighted by Gasteiger charge is -2.18. The third kappa shape index (κ3) is 6.62. The molecule has 0 spiro atoms.